The zero-order valence-electron chi connectivity index (χ0n) is 12.4. The molecule has 0 saturated carbocycles. The fraction of sp³-hybridized carbons (Fsp3) is 0.692. The monoisotopic (exact) mass is 412 g/mol. The first-order valence-electron chi connectivity index (χ1n) is 6.61. The molecule has 0 aromatic carbocycles. The summed E-state index contributed by atoms with van der Waals surface area (Å²) >= 11 is 1.71. The Hall–Kier alpha value is -0.410. The van der Waals surface area contributed by atoms with Gasteiger partial charge in [-0.25, -0.2) is 4.98 Å². The van der Waals surface area contributed by atoms with Crippen molar-refractivity contribution in [1.29, 1.82) is 0 Å². The number of aliphatic imine (C=N–C) groups is 1. The van der Waals surface area contributed by atoms with E-state index in [1.54, 1.807) is 25.5 Å². The molecular weight excluding hydrogens is 387 g/mol. The van der Waals surface area contributed by atoms with E-state index in [4.69, 9.17) is 4.74 Å². The minimum Gasteiger partial charge on any atom is -0.385 e. The Bertz CT molecular complexity index is 384. The van der Waals surface area contributed by atoms with Gasteiger partial charge in [0.25, 0.3) is 0 Å². The summed E-state index contributed by atoms with van der Waals surface area (Å²) in [4.78, 5) is 9.74. The van der Waals surface area contributed by atoms with E-state index >= 15 is 0 Å². The van der Waals surface area contributed by atoms with Crippen LogP contribution in [0, 0.1) is 6.92 Å². The zero-order chi connectivity index (χ0) is 13.9. The van der Waals surface area contributed by atoms with Crippen LogP contribution in [0.1, 0.15) is 29.1 Å². The maximum atomic E-state index is 5.02. The van der Waals surface area contributed by atoms with Crippen LogP contribution in [0.5, 0.6) is 0 Å². The van der Waals surface area contributed by atoms with Crippen molar-refractivity contribution >= 4 is 41.3 Å². The summed E-state index contributed by atoms with van der Waals surface area (Å²) in [6.45, 7) is 4.56. The van der Waals surface area contributed by atoms with Gasteiger partial charge in [0.1, 0.15) is 5.01 Å². The highest BCUT2D eigenvalue weighted by molar-refractivity contribution is 14.0. The van der Waals surface area contributed by atoms with Crippen LogP contribution >= 0.6 is 35.3 Å². The van der Waals surface area contributed by atoms with Crippen molar-refractivity contribution in [3.63, 3.8) is 0 Å². The molecule has 116 valence electrons. The Morgan fingerprint density at radius 2 is 2.15 bits per heavy atom. The molecule has 5 nitrogen and oxygen atoms in total. The topological polar surface area (TPSA) is 58.5 Å². The lowest BCUT2D eigenvalue weighted by Gasteiger charge is -2.10. The largest absolute Gasteiger partial charge is 0.385 e. The van der Waals surface area contributed by atoms with Gasteiger partial charge in [0, 0.05) is 38.4 Å². The number of rotatable bonds is 8. The molecule has 7 heteroatoms. The molecule has 0 unspecified atom stereocenters. The second-order valence-electron chi connectivity index (χ2n) is 4.27. The molecular formula is C13H25IN4OS. The highest BCUT2D eigenvalue weighted by atomic mass is 127. The van der Waals surface area contributed by atoms with Gasteiger partial charge in [0.15, 0.2) is 5.96 Å². The number of hydrogen-bond acceptors (Lipinski definition) is 4. The van der Waals surface area contributed by atoms with Crippen LogP contribution < -0.4 is 10.6 Å². The van der Waals surface area contributed by atoms with Crippen LogP contribution in [0.4, 0.5) is 0 Å². The van der Waals surface area contributed by atoms with Crippen LogP contribution in [-0.4, -0.2) is 38.3 Å². The number of methoxy groups -OCH3 is 1. The molecule has 0 aliphatic carbocycles. The van der Waals surface area contributed by atoms with Gasteiger partial charge in [-0.3, -0.25) is 4.99 Å². The van der Waals surface area contributed by atoms with Gasteiger partial charge in [-0.05, 0) is 26.2 Å². The summed E-state index contributed by atoms with van der Waals surface area (Å²) in [6, 6.07) is 0. The molecule has 0 fully saturated rings. The number of hydrogen-bond donors (Lipinski definition) is 2. The van der Waals surface area contributed by atoms with E-state index in [1.807, 2.05) is 6.20 Å². The average molecular weight is 412 g/mol. The number of ether oxygens (including phenoxy) is 1. The van der Waals surface area contributed by atoms with Crippen LogP contribution in [-0.2, 0) is 11.3 Å². The van der Waals surface area contributed by atoms with E-state index in [2.05, 4.69) is 27.5 Å². The molecule has 0 amide bonds. The smallest absolute Gasteiger partial charge is 0.191 e. The first-order valence-corrected chi connectivity index (χ1v) is 7.42. The normalized spacial score (nSPS) is 11.1. The number of guanidine groups is 1. The second-order valence-corrected chi connectivity index (χ2v) is 5.59. The molecule has 1 heterocycles. The number of aryl methyl sites for hydroxylation is 1. The lowest BCUT2D eigenvalue weighted by Crippen LogP contribution is -2.37. The predicted octanol–water partition coefficient (Wildman–Crippen LogP) is 2.55. The molecule has 0 aliphatic heterocycles. The van der Waals surface area contributed by atoms with Crippen molar-refractivity contribution in [2.45, 2.75) is 32.7 Å². The first kappa shape index (κ1) is 19.6. The number of unbranched alkanes of at least 4 members (excludes halogenated alkanes) is 2. The summed E-state index contributed by atoms with van der Waals surface area (Å²) in [5.41, 5.74) is 0. The van der Waals surface area contributed by atoms with Crippen molar-refractivity contribution in [2.24, 2.45) is 4.99 Å². The number of nitrogens with zero attached hydrogens (tertiary/aromatic N) is 2. The number of halogens is 1. The Balaban J connectivity index is 0.00000361. The zero-order valence-corrected chi connectivity index (χ0v) is 15.6. The van der Waals surface area contributed by atoms with Gasteiger partial charge in [-0.2, -0.15) is 0 Å². The molecule has 0 radical (unpaired) electrons. The van der Waals surface area contributed by atoms with Crippen LogP contribution in [0.2, 0.25) is 0 Å². The summed E-state index contributed by atoms with van der Waals surface area (Å²) in [7, 11) is 3.53. The molecule has 0 spiro atoms. The number of nitrogens with one attached hydrogen (secondary N) is 2. The van der Waals surface area contributed by atoms with Gasteiger partial charge in [-0.15, -0.1) is 35.3 Å². The number of thiazole rings is 1. The molecule has 0 saturated heterocycles. The van der Waals surface area contributed by atoms with Gasteiger partial charge in [-0.1, -0.05) is 0 Å². The van der Waals surface area contributed by atoms with E-state index in [-0.39, 0.29) is 24.0 Å². The van der Waals surface area contributed by atoms with E-state index in [0.29, 0.717) is 0 Å². The minimum absolute atomic E-state index is 0. The van der Waals surface area contributed by atoms with Crippen molar-refractivity contribution in [1.82, 2.24) is 15.6 Å². The van der Waals surface area contributed by atoms with E-state index in [1.165, 1.54) is 11.3 Å². The van der Waals surface area contributed by atoms with Gasteiger partial charge in [0.2, 0.25) is 0 Å². The van der Waals surface area contributed by atoms with Gasteiger partial charge < -0.3 is 15.4 Å². The van der Waals surface area contributed by atoms with E-state index in [9.17, 15) is 0 Å². The average Bonchev–Trinajstić information content (AvgIpc) is 2.83. The van der Waals surface area contributed by atoms with Crippen LogP contribution in [0.15, 0.2) is 11.2 Å². The van der Waals surface area contributed by atoms with Crippen LogP contribution in [0.25, 0.3) is 0 Å². The standard InChI is InChI=1S/C13H24N4OS.HI/c1-11-9-16-12(19-11)10-17-13(14-2)15-7-5-4-6-8-18-3;/h9H,4-8,10H2,1-3H3,(H2,14,15,17);1H. The maximum Gasteiger partial charge on any atom is 0.191 e. The fourth-order valence-electron chi connectivity index (χ4n) is 1.62. The quantitative estimate of drug-likeness (QED) is 0.298. The third-order valence-corrected chi connectivity index (χ3v) is 3.53. The third-order valence-electron chi connectivity index (χ3n) is 2.62. The molecule has 1 rings (SSSR count). The molecule has 0 aliphatic rings. The third kappa shape index (κ3) is 8.70. The van der Waals surface area contributed by atoms with Crippen molar-refractivity contribution in [2.75, 3.05) is 27.3 Å². The molecule has 20 heavy (non-hydrogen) atoms. The predicted molar refractivity (Wildman–Crippen MR) is 96.2 cm³/mol. The summed E-state index contributed by atoms with van der Waals surface area (Å²) in [5, 5.41) is 7.65. The summed E-state index contributed by atoms with van der Waals surface area (Å²) in [6.07, 6.45) is 5.31. The molecule has 1 aromatic rings. The van der Waals surface area contributed by atoms with Crippen LogP contribution in [0.3, 0.4) is 0 Å². The Labute approximate surface area is 142 Å². The Morgan fingerprint density at radius 1 is 1.35 bits per heavy atom. The summed E-state index contributed by atoms with van der Waals surface area (Å²) in [5.74, 6) is 0.833. The SMILES string of the molecule is CN=C(NCCCCCOC)NCc1ncc(C)s1.I. The van der Waals surface area contributed by atoms with Gasteiger partial charge in [0.05, 0.1) is 6.54 Å². The molecule has 2 N–H and O–H groups in total. The number of aromatic nitrogens is 1. The van der Waals surface area contributed by atoms with Crippen molar-refractivity contribution < 1.29 is 4.74 Å². The van der Waals surface area contributed by atoms with Gasteiger partial charge >= 0.3 is 0 Å². The Kier molecular flexibility index (Phi) is 12.1. The fourth-order valence-corrected chi connectivity index (χ4v) is 2.34. The minimum atomic E-state index is 0. The Morgan fingerprint density at radius 3 is 2.75 bits per heavy atom. The molecule has 0 atom stereocenters. The maximum absolute atomic E-state index is 5.02. The lowest BCUT2D eigenvalue weighted by molar-refractivity contribution is 0.192. The highest BCUT2D eigenvalue weighted by Gasteiger charge is 2.01. The highest BCUT2D eigenvalue weighted by Crippen LogP contribution is 2.10. The first-order chi connectivity index (χ1) is 9.26. The summed E-state index contributed by atoms with van der Waals surface area (Å²) < 4.78 is 5.02. The molecule has 1 aromatic heterocycles. The molecule has 0 bridgehead atoms. The van der Waals surface area contributed by atoms with E-state index in [0.717, 1.165) is 43.5 Å². The second kappa shape index (κ2) is 12.3. The van der Waals surface area contributed by atoms with Crippen molar-refractivity contribution in [3.8, 4) is 0 Å². The lowest BCUT2D eigenvalue weighted by atomic mass is 10.2. The van der Waals surface area contributed by atoms with Crippen molar-refractivity contribution in [3.05, 3.63) is 16.1 Å². The van der Waals surface area contributed by atoms with E-state index < -0.39 is 0 Å².